The highest BCUT2D eigenvalue weighted by molar-refractivity contribution is 6.05. The number of carbonyl (C=O) groups is 1. The molecule has 11 nitrogen and oxygen atoms in total. The molecule has 0 spiro atoms. The number of anilines is 1. The van der Waals surface area contributed by atoms with E-state index in [1.807, 2.05) is 56.9 Å². The van der Waals surface area contributed by atoms with Gasteiger partial charge in [0.15, 0.2) is 12.6 Å². The number of carbonyl (C=O) groups excluding carboxylic acids is 1. The van der Waals surface area contributed by atoms with Crippen molar-refractivity contribution in [2.75, 3.05) is 51.6 Å². The zero-order valence-corrected chi connectivity index (χ0v) is 31.7. The van der Waals surface area contributed by atoms with Crippen molar-refractivity contribution in [3.63, 3.8) is 0 Å². The van der Waals surface area contributed by atoms with Gasteiger partial charge in [0.05, 0.1) is 23.0 Å². The molecule has 0 radical (unpaired) electrons. The van der Waals surface area contributed by atoms with Crippen LogP contribution >= 0.6 is 0 Å². The van der Waals surface area contributed by atoms with Crippen molar-refractivity contribution in [2.24, 2.45) is 0 Å². The number of amides is 1. The van der Waals surface area contributed by atoms with Gasteiger partial charge >= 0.3 is 12.1 Å². The first-order valence-electron chi connectivity index (χ1n) is 18.8. The maximum atomic E-state index is 17.4. The number of allylic oxidation sites excluding steroid dienone is 1. The van der Waals surface area contributed by atoms with Crippen LogP contribution in [-0.4, -0.2) is 107 Å². The molecule has 4 atom stereocenters. The van der Waals surface area contributed by atoms with Crippen LogP contribution in [0.2, 0.25) is 0 Å². The summed E-state index contributed by atoms with van der Waals surface area (Å²) < 4.78 is 55.2. The van der Waals surface area contributed by atoms with Crippen molar-refractivity contribution < 1.29 is 32.5 Å². The van der Waals surface area contributed by atoms with Gasteiger partial charge in [0.1, 0.15) is 41.2 Å². The summed E-state index contributed by atoms with van der Waals surface area (Å²) in [5.41, 5.74) is 1.27. The summed E-state index contributed by atoms with van der Waals surface area (Å²) in [5.74, 6) is 0.339. The minimum atomic E-state index is -0.924. The van der Waals surface area contributed by atoms with Crippen LogP contribution < -0.4 is 14.4 Å². The number of nitrogens with zero attached hydrogens (tertiary/aromatic N) is 6. The number of ether oxygens (including phenoxy) is 4. The lowest BCUT2D eigenvalue weighted by molar-refractivity contribution is 0.0122. The van der Waals surface area contributed by atoms with Gasteiger partial charge in [-0.3, -0.25) is 14.8 Å². The molecule has 1 amide bonds. The molecule has 4 aliphatic rings. The zero-order valence-electron chi connectivity index (χ0n) is 31.7. The number of fused-ring (bicyclic) bond motifs is 5. The van der Waals surface area contributed by atoms with Crippen molar-refractivity contribution >= 4 is 39.2 Å². The second-order valence-electron chi connectivity index (χ2n) is 16.3. The summed E-state index contributed by atoms with van der Waals surface area (Å²) in [7, 11) is 1.54. The van der Waals surface area contributed by atoms with Gasteiger partial charge < -0.3 is 23.8 Å². The van der Waals surface area contributed by atoms with Gasteiger partial charge in [-0.25, -0.2) is 13.6 Å². The zero-order chi connectivity index (χ0) is 37.9. The fourth-order valence-corrected chi connectivity index (χ4v) is 9.00. The molecule has 2 aromatic carbocycles. The summed E-state index contributed by atoms with van der Waals surface area (Å²) in [6, 6.07) is 9.27. The minimum absolute atomic E-state index is 0.0152. The third-order valence-corrected chi connectivity index (χ3v) is 11.3. The normalized spacial score (nSPS) is 24.0. The van der Waals surface area contributed by atoms with E-state index in [-0.39, 0.29) is 48.8 Å². The van der Waals surface area contributed by atoms with Crippen molar-refractivity contribution in [3.05, 3.63) is 54.5 Å². The maximum absolute atomic E-state index is 17.4. The van der Waals surface area contributed by atoms with E-state index in [9.17, 15) is 9.18 Å². The molecule has 2 bridgehead atoms. The average molecular weight is 743 g/mol. The number of pyridine rings is 1. The number of benzene rings is 2. The standard InChI is InChI=1S/C41H48F2N6O5/c1-24(2)30-10-7-9-25-15-29(53-23-51-6)16-31(33(25)30)35-34(43)36-32(18-44-35)37(46-38(45-36)52-22-41-13-8-14-48(41)19-26(42)17-41)47-20-27-11-12-28(21-47)49(27)39(50)54-40(3,4)5/h7,9-10,15-16,18,26-28H,1,8,11-14,17,19-23H2,2-6H3/t26?,27-,28+,41?. The van der Waals surface area contributed by atoms with Crippen LogP contribution in [-0.2, 0) is 9.47 Å². The molecule has 4 fully saturated rings. The van der Waals surface area contributed by atoms with Crippen molar-refractivity contribution in [1.29, 1.82) is 0 Å². The first-order valence-corrected chi connectivity index (χ1v) is 18.8. The number of rotatable bonds is 9. The summed E-state index contributed by atoms with van der Waals surface area (Å²) in [5, 5.41) is 2.04. The van der Waals surface area contributed by atoms with Crippen LogP contribution in [0, 0.1) is 5.82 Å². The summed E-state index contributed by atoms with van der Waals surface area (Å²) in [4.78, 5) is 33.8. The SMILES string of the molecule is C=C(C)c1cccc2cc(OCOC)cc(-c3ncc4c(N5C[C@H]6CC[C@@H](C5)N6C(=O)OC(C)(C)C)nc(OCC56CCCN5CC(F)C6)nc4c3F)c12. The second kappa shape index (κ2) is 13.9. The number of piperazine rings is 1. The first-order chi connectivity index (χ1) is 25.8. The third-order valence-electron chi connectivity index (χ3n) is 11.3. The Morgan fingerprint density at radius 3 is 2.59 bits per heavy atom. The van der Waals surface area contributed by atoms with Crippen molar-refractivity contribution in [3.8, 4) is 23.0 Å². The van der Waals surface area contributed by atoms with E-state index < -0.39 is 23.1 Å². The van der Waals surface area contributed by atoms with Crippen LogP contribution in [0.5, 0.6) is 11.8 Å². The van der Waals surface area contributed by atoms with Crippen molar-refractivity contribution in [2.45, 2.75) is 89.2 Å². The Balaban J connectivity index is 1.24. The van der Waals surface area contributed by atoms with E-state index in [1.54, 1.807) is 12.3 Å². The summed E-state index contributed by atoms with van der Waals surface area (Å²) in [6.45, 7) is 14.0. The Bertz CT molecular complexity index is 2110. The number of hydrogen-bond donors (Lipinski definition) is 0. The van der Waals surface area contributed by atoms with E-state index in [2.05, 4.69) is 16.4 Å². The molecule has 2 unspecified atom stereocenters. The topological polar surface area (TPSA) is 102 Å². The molecule has 6 heterocycles. The van der Waals surface area contributed by atoms with Crippen molar-refractivity contribution in [1.82, 2.24) is 24.8 Å². The molecule has 286 valence electrons. The number of hydrogen-bond acceptors (Lipinski definition) is 10. The second-order valence-corrected chi connectivity index (χ2v) is 16.3. The minimum Gasteiger partial charge on any atom is -0.468 e. The Hall–Kier alpha value is -4.62. The molecule has 4 aliphatic heterocycles. The molecule has 0 saturated carbocycles. The van der Waals surface area contributed by atoms with Crippen LogP contribution in [0.1, 0.15) is 65.4 Å². The average Bonchev–Trinajstić information content (AvgIpc) is 3.75. The van der Waals surface area contributed by atoms with Crippen LogP contribution in [0.3, 0.4) is 0 Å². The first kappa shape index (κ1) is 36.4. The van der Waals surface area contributed by atoms with Gasteiger partial charge in [-0.05, 0) is 88.4 Å². The fourth-order valence-electron chi connectivity index (χ4n) is 9.00. The fraction of sp³-hybridized carbons (Fsp3) is 0.512. The van der Waals surface area contributed by atoms with E-state index in [0.717, 1.165) is 54.1 Å². The number of aromatic nitrogens is 3. The maximum Gasteiger partial charge on any atom is 0.410 e. The Morgan fingerprint density at radius 1 is 1.09 bits per heavy atom. The van der Waals surface area contributed by atoms with Crippen LogP contribution in [0.4, 0.5) is 19.4 Å². The van der Waals surface area contributed by atoms with Crippen LogP contribution in [0.25, 0.3) is 38.5 Å². The lowest BCUT2D eigenvalue weighted by Crippen LogP contribution is -2.57. The molecule has 8 rings (SSSR count). The van der Waals surface area contributed by atoms with Gasteiger partial charge in [-0.15, -0.1) is 0 Å². The third kappa shape index (κ3) is 6.59. The molecule has 2 aromatic heterocycles. The molecule has 4 saturated heterocycles. The van der Waals surface area contributed by atoms with E-state index in [1.165, 1.54) is 7.11 Å². The highest BCUT2D eigenvalue weighted by atomic mass is 19.1. The largest absolute Gasteiger partial charge is 0.468 e. The molecule has 0 aliphatic carbocycles. The molecular formula is C41H48F2N6O5. The number of halogens is 2. The van der Waals surface area contributed by atoms with E-state index in [0.29, 0.717) is 48.6 Å². The number of alkyl halides is 1. The van der Waals surface area contributed by atoms with E-state index in [4.69, 9.17) is 33.9 Å². The molecule has 4 aromatic rings. The van der Waals surface area contributed by atoms with Gasteiger partial charge in [-0.1, -0.05) is 30.4 Å². The Kier molecular flexibility index (Phi) is 9.36. The highest BCUT2D eigenvalue weighted by Gasteiger charge is 2.50. The Labute approximate surface area is 314 Å². The van der Waals surface area contributed by atoms with Crippen LogP contribution in [0.15, 0.2) is 43.1 Å². The lowest BCUT2D eigenvalue weighted by atomic mass is 9.93. The molecular weight excluding hydrogens is 694 g/mol. The molecule has 0 N–H and O–H groups in total. The highest BCUT2D eigenvalue weighted by Crippen LogP contribution is 2.43. The summed E-state index contributed by atoms with van der Waals surface area (Å²) in [6.07, 6.45) is 4.14. The summed E-state index contributed by atoms with van der Waals surface area (Å²) >= 11 is 0. The Morgan fingerprint density at radius 2 is 1.87 bits per heavy atom. The van der Waals surface area contributed by atoms with Gasteiger partial charge in [0.25, 0.3) is 0 Å². The van der Waals surface area contributed by atoms with Gasteiger partial charge in [0.2, 0.25) is 0 Å². The monoisotopic (exact) mass is 742 g/mol. The predicted molar refractivity (Wildman–Crippen MR) is 203 cm³/mol. The quantitative estimate of drug-likeness (QED) is 0.160. The van der Waals surface area contributed by atoms with Gasteiger partial charge in [0, 0.05) is 44.9 Å². The molecule has 54 heavy (non-hydrogen) atoms. The molecule has 13 heteroatoms. The van der Waals surface area contributed by atoms with E-state index >= 15 is 4.39 Å². The van der Waals surface area contributed by atoms with Gasteiger partial charge in [-0.2, -0.15) is 9.97 Å². The lowest BCUT2D eigenvalue weighted by Gasteiger charge is -2.42. The smallest absolute Gasteiger partial charge is 0.410 e. The predicted octanol–water partition coefficient (Wildman–Crippen LogP) is 7.54. The number of methoxy groups -OCH3 is 1.